The largest absolute Gasteiger partial charge is 0.416 e. The van der Waals surface area contributed by atoms with Crippen LogP contribution in [0, 0.1) is 12.8 Å². The molecule has 0 bridgehead atoms. The second kappa shape index (κ2) is 7.11. The Morgan fingerprint density at radius 1 is 1.33 bits per heavy atom. The van der Waals surface area contributed by atoms with Crippen LogP contribution in [0.15, 0.2) is 18.2 Å². The number of hydrogen-bond acceptors (Lipinski definition) is 2. The molecule has 132 valence electrons. The Morgan fingerprint density at radius 3 is 2.67 bits per heavy atom. The second-order valence-corrected chi connectivity index (χ2v) is 6.14. The minimum Gasteiger partial charge on any atom is -0.370 e. The number of urea groups is 1. The maximum atomic E-state index is 12.8. The fourth-order valence-corrected chi connectivity index (χ4v) is 2.92. The topological polar surface area (TPSA) is 75.4 Å². The molecule has 0 unspecified atom stereocenters. The van der Waals surface area contributed by atoms with E-state index in [9.17, 15) is 22.8 Å². The van der Waals surface area contributed by atoms with E-state index in [1.54, 1.807) is 0 Å². The number of aryl methyl sites for hydroxylation is 1. The van der Waals surface area contributed by atoms with Crippen molar-refractivity contribution in [1.82, 2.24) is 4.90 Å². The number of alkyl halides is 3. The maximum Gasteiger partial charge on any atom is 0.416 e. The summed E-state index contributed by atoms with van der Waals surface area (Å²) < 4.78 is 38.5. The first-order valence-corrected chi connectivity index (χ1v) is 7.68. The number of carbonyl (C=O) groups is 2. The Labute approximate surface area is 138 Å². The highest BCUT2D eigenvalue weighted by Gasteiger charge is 2.31. The molecule has 5 nitrogen and oxygen atoms in total. The number of nitrogens with zero attached hydrogens (tertiary/aromatic N) is 1. The lowest BCUT2D eigenvalue weighted by Crippen LogP contribution is -2.43. The molecule has 0 aromatic heterocycles. The maximum absolute atomic E-state index is 12.8. The Hall–Kier alpha value is -2.25. The molecule has 24 heavy (non-hydrogen) atoms. The van der Waals surface area contributed by atoms with Gasteiger partial charge in [0, 0.05) is 25.2 Å². The first-order valence-electron chi connectivity index (χ1n) is 7.68. The average Bonchev–Trinajstić information content (AvgIpc) is 2.45. The highest BCUT2D eigenvalue weighted by Crippen LogP contribution is 2.32. The first-order chi connectivity index (χ1) is 11.1. The molecule has 0 saturated carbocycles. The minimum atomic E-state index is -4.47. The molecule has 1 aromatic carbocycles. The molecular formula is C16H20F3N3O2. The van der Waals surface area contributed by atoms with E-state index in [1.165, 1.54) is 17.9 Å². The molecule has 0 aliphatic carbocycles. The number of benzene rings is 1. The summed E-state index contributed by atoms with van der Waals surface area (Å²) in [5.41, 5.74) is 4.88. The van der Waals surface area contributed by atoms with E-state index in [0.29, 0.717) is 18.7 Å². The predicted molar refractivity (Wildman–Crippen MR) is 83.3 cm³/mol. The van der Waals surface area contributed by atoms with Crippen molar-refractivity contribution in [2.45, 2.75) is 32.4 Å². The smallest absolute Gasteiger partial charge is 0.370 e. The third-order valence-corrected chi connectivity index (χ3v) is 3.95. The van der Waals surface area contributed by atoms with Crippen molar-refractivity contribution in [3.05, 3.63) is 29.3 Å². The fourth-order valence-electron chi connectivity index (χ4n) is 2.92. The van der Waals surface area contributed by atoms with E-state index in [2.05, 4.69) is 5.32 Å². The van der Waals surface area contributed by atoms with Crippen LogP contribution in [0.3, 0.4) is 0 Å². The van der Waals surface area contributed by atoms with Gasteiger partial charge in [-0.25, -0.2) is 4.79 Å². The Kier molecular flexibility index (Phi) is 5.36. The van der Waals surface area contributed by atoms with E-state index in [4.69, 9.17) is 5.73 Å². The summed E-state index contributed by atoms with van der Waals surface area (Å²) in [5.74, 6) is -0.430. The summed E-state index contributed by atoms with van der Waals surface area (Å²) in [6.45, 7) is 2.40. The van der Waals surface area contributed by atoms with Gasteiger partial charge in [0.25, 0.3) is 0 Å². The molecule has 3 amide bonds. The van der Waals surface area contributed by atoms with Crippen LogP contribution in [0.1, 0.15) is 30.4 Å². The summed E-state index contributed by atoms with van der Waals surface area (Å²) >= 11 is 0. The van der Waals surface area contributed by atoms with E-state index in [-0.39, 0.29) is 18.0 Å². The van der Waals surface area contributed by atoms with Gasteiger partial charge in [-0.3, -0.25) is 4.79 Å². The number of anilines is 1. The van der Waals surface area contributed by atoms with Gasteiger partial charge in [0.15, 0.2) is 0 Å². The Balaban J connectivity index is 2.06. The number of halogens is 3. The van der Waals surface area contributed by atoms with Crippen LogP contribution < -0.4 is 11.1 Å². The monoisotopic (exact) mass is 343 g/mol. The van der Waals surface area contributed by atoms with Gasteiger partial charge in [-0.1, -0.05) is 0 Å². The molecule has 1 heterocycles. The number of piperidine rings is 1. The van der Waals surface area contributed by atoms with Crippen LogP contribution in [-0.2, 0) is 11.0 Å². The summed E-state index contributed by atoms with van der Waals surface area (Å²) in [7, 11) is 0. The van der Waals surface area contributed by atoms with Crippen LogP contribution in [0.5, 0.6) is 0 Å². The normalized spacial score (nSPS) is 18.3. The lowest BCUT2D eigenvalue weighted by atomic mass is 9.95. The quantitative estimate of drug-likeness (QED) is 0.885. The van der Waals surface area contributed by atoms with Crippen LogP contribution in [0.25, 0.3) is 0 Å². The number of primary amides is 1. The van der Waals surface area contributed by atoms with Crippen molar-refractivity contribution in [2.24, 2.45) is 11.7 Å². The van der Waals surface area contributed by atoms with Crippen LogP contribution in [0.4, 0.5) is 23.7 Å². The number of nitrogens with two attached hydrogens (primary N) is 1. The molecule has 1 aromatic rings. The van der Waals surface area contributed by atoms with Crippen molar-refractivity contribution in [3.63, 3.8) is 0 Å². The Bertz CT molecular complexity index is 631. The second-order valence-electron chi connectivity index (χ2n) is 6.14. The molecule has 2 rings (SSSR count). The van der Waals surface area contributed by atoms with Crippen molar-refractivity contribution >= 4 is 17.6 Å². The van der Waals surface area contributed by atoms with Gasteiger partial charge in [-0.2, -0.15) is 13.2 Å². The molecular weight excluding hydrogens is 323 g/mol. The van der Waals surface area contributed by atoms with E-state index in [0.717, 1.165) is 25.0 Å². The summed E-state index contributed by atoms with van der Waals surface area (Å²) in [5, 5.41) is 2.51. The van der Waals surface area contributed by atoms with Gasteiger partial charge in [0.2, 0.25) is 5.91 Å². The van der Waals surface area contributed by atoms with Gasteiger partial charge >= 0.3 is 12.2 Å². The molecule has 0 radical (unpaired) electrons. The summed E-state index contributed by atoms with van der Waals surface area (Å²) in [6.07, 6.45) is -2.74. The SMILES string of the molecule is Cc1cc(NC(=O)N2CCC[C@H](CC(N)=O)C2)cc(C(F)(F)F)c1. The minimum absolute atomic E-state index is 0.00903. The van der Waals surface area contributed by atoms with Crippen LogP contribution >= 0.6 is 0 Å². The molecule has 1 aliphatic rings. The third-order valence-electron chi connectivity index (χ3n) is 3.95. The molecule has 1 atom stereocenters. The number of amides is 3. The fraction of sp³-hybridized carbons (Fsp3) is 0.500. The lowest BCUT2D eigenvalue weighted by molar-refractivity contribution is -0.137. The number of rotatable bonds is 3. The molecule has 1 aliphatic heterocycles. The number of hydrogen-bond donors (Lipinski definition) is 2. The molecule has 1 saturated heterocycles. The van der Waals surface area contributed by atoms with Crippen molar-refractivity contribution in [3.8, 4) is 0 Å². The standard InChI is InChI=1S/C16H20F3N3O2/c1-10-5-12(16(17,18)19)8-13(6-10)21-15(24)22-4-2-3-11(9-22)7-14(20)23/h5-6,8,11H,2-4,7,9H2,1H3,(H2,20,23)(H,21,24)/t11-/m1/s1. The van der Waals surface area contributed by atoms with E-state index in [1.807, 2.05) is 0 Å². The van der Waals surface area contributed by atoms with Crippen molar-refractivity contribution < 1.29 is 22.8 Å². The molecule has 3 N–H and O–H groups in total. The summed E-state index contributed by atoms with van der Waals surface area (Å²) in [4.78, 5) is 24.8. The zero-order valence-corrected chi connectivity index (χ0v) is 13.3. The number of likely N-dealkylation sites (tertiary alicyclic amines) is 1. The number of carbonyl (C=O) groups excluding carboxylic acids is 2. The van der Waals surface area contributed by atoms with Crippen LogP contribution in [0.2, 0.25) is 0 Å². The van der Waals surface area contributed by atoms with Crippen molar-refractivity contribution in [1.29, 1.82) is 0 Å². The van der Waals surface area contributed by atoms with Gasteiger partial charge in [0.05, 0.1) is 5.56 Å². The van der Waals surface area contributed by atoms with Gasteiger partial charge in [0.1, 0.15) is 0 Å². The van der Waals surface area contributed by atoms with E-state index < -0.39 is 23.7 Å². The Morgan fingerprint density at radius 2 is 2.04 bits per heavy atom. The summed E-state index contributed by atoms with van der Waals surface area (Å²) in [6, 6.07) is 2.95. The van der Waals surface area contributed by atoms with Crippen LogP contribution in [-0.4, -0.2) is 29.9 Å². The lowest BCUT2D eigenvalue weighted by Gasteiger charge is -2.32. The van der Waals surface area contributed by atoms with Crippen molar-refractivity contribution in [2.75, 3.05) is 18.4 Å². The van der Waals surface area contributed by atoms with E-state index >= 15 is 0 Å². The highest BCUT2D eigenvalue weighted by molar-refractivity contribution is 5.89. The highest BCUT2D eigenvalue weighted by atomic mass is 19.4. The van der Waals surface area contributed by atoms with Gasteiger partial charge in [-0.05, 0) is 49.4 Å². The predicted octanol–water partition coefficient (Wildman–Crippen LogP) is 3.13. The van der Waals surface area contributed by atoms with Gasteiger partial charge in [-0.15, -0.1) is 0 Å². The zero-order valence-electron chi connectivity index (χ0n) is 13.3. The molecule has 8 heteroatoms. The number of nitrogens with one attached hydrogen (secondary N) is 1. The third kappa shape index (κ3) is 4.87. The molecule has 0 spiro atoms. The van der Waals surface area contributed by atoms with Gasteiger partial charge < -0.3 is 16.0 Å². The zero-order chi connectivity index (χ0) is 17.9. The molecule has 1 fully saturated rings. The first kappa shape index (κ1) is 18.1. The average molecular weight is 343 g/mol.